The highest BCUT2D eigenvalue weighted by Gasteiger charge is 2.40. The van der Waals surface area contributed by atoms with Crippen molar-refractivity contribution in [2.45, 2.75) is 76.9 Å². The van der Waals surface area contributed by atoms with E-state index in [1.165, 1.54) is 49.7 Å². The first kappa shape index (κ1) is 20.0. The summed E-state index contributed by atoms with van der Waals surface area (Å²) in [6.07, 6.45) is 12.9. The predicted molar refractivity (Wildman–Crippen MR) is 113 cm³/mol. The summed E-state index contributed by atoms with van der Waals surface area (Å²) in [5.41, 5.74) is 3.53. The van der Waals surface area contributed by atoms with Crippen LogP contribution in [0.1, 0.15) is 69.8 Å². The van der Waals surface area contributed by atoms with Crippen molar-refractivity contribution in [3.8, 4) is 0 Å². The van der Waals surface area contributed by atoms with Gasteiger partial charge in [-0.1, -0.05) is 55.8 Å². The molecule has 3 aliphatic rings. The molecule has 28 heavy (non-hydrogen) atoms. The van der Waals surface area contributed by atoms with Crippen LogP contribution in [-0.2, 0) is 16.0 Å². The standard InChI is InChI=1S/C24H32ClNO2/c25-20-12-10-19(11-13-20)14-16-26-23(27)21-8-4-5-9-22(21)24(26)28-17-15-18-6-2-1-3-7-18/h10-13,18,24H,1-9,14-17H2. The van der Waals surface area contributed by atoms with Crippen LogP contribution in [0.15, 0.2) is 35.4 Å². The number of hydrogen-bond acceptors (Lipinski definition) is 2. The Labute approximate surface area is 174 Å². The lowest BCUT2D eigenvalue weighted by Crippen LogP contribution is -2.39. The number of amides is 1. The lowest BCUT2D eigenvalue weighted by atomic mass is 9.87. The van der Waals surface area contributed by atoms with E-state index in [-0.39, 0.29) is 12.1 Å². The summed E-state index contributed by atoms with van der Waals surface area (Å²) in [6.45, 7) is 1.48. The van der Waals surface area contributed by atoms with E-state index in [1.54, 1.807) is 0 Å². The first-order valence-electron chi connectivity index (χ1n) is 11.1. The van der Waals surface area contributed by atoms with Crippen molar-refractivity contribution in [2.24, 2.45) is 5.92 Å². The number of benzene rings is 1. The first-order valence-corrected chi connectivity index (χ1v) is 11.5. The minimum atomic E-state index is -0.126. The molecule has 0 saturated heterocycles. The Hall–Kier alpha value is -1.32. The summed E-state index contributed by atoms with van der Waals surface area (Å²) in [6, 6.07) is 7.94. The van der Waals surface area contributed by atoms with Crippen LogP contribution in [0.25, 0.3) is 0 Å². The van der Waals surface area contributed by atoms with Crippen LogP contribution in [0.2, 0.25) is 5.02 Å². The van der Waals surface area contributed by atoms with E-state index in [4.69, 9.17) is 16.3 Å². The molecule has 3 nitrogen and oxygen atoms in total. The van der Waals surface area contributed by atoms with E-state index in [9.17, 15) is 4.79 Å². The van der Waals surface area contributed by atoms with Crippen molar-refractivity contribution >= 4 is 17.5 Å². The highest BCUT2D eigenvalue weighted by Crippen LogP contribution is 2.37. The second-order valence-corrected chi connectivity index (χ2v) is 9.04. The molecule has 1 unspecified atom stereocenters. The van der Waals surface area contributed by atoms with Gasteiger partial charge in [0, 0.05) is 23.7 Å². The Morgan fingerprint density at radius 2 is 1.75 bits per heavy atom. The smallest absolute Gasteiger partial charge is 0.252 e. The lowest BCUT2D eigenvalue weighted by Gasteiger charge is -2.29. The average Bonchev–Trinajstić information content (AvgIpc) is 3.00. The van der Waals surface area contributed by atoms with Crippen LogP contribution in [0.3, 0.4) is 0 Å². The summed E-state index contributed by atoms with van der Waals surface area (Å²) in [4.78, 5) is 15.0. The predicted octanol–water partition coefficient (Wildman–Crippen LogP) is 5.91. The van der Waals surface area contributed by atoms with E-state index in [1.807, 2.05) is 17.0 Å². The molecular weight excluding hydrogens is 370 g/mol. The molecule has 0 aromatic heterocycles. The molecule has 2 aliphatic carbocycles. The number of carbonyl (C=O) groups is 1. The SMILES string of the molecule is O=C1C2=C(CCCC2)C(OCCC2CCCCC2)N1CCc1ccc(Cl)cc1. The quantitative estimate of drug-likeness (QED) is 0.568. The maximum atomic E-state index is 13.1. The fourth-order valence-corrected chi connectivity index (χ4v) is 5.17. The van der Waals surface area contributed by atoms with Gasteiger partial charge in [0.25, 0.3) is 5.91 Å². The van der Waals surface area contributed by atoms with Crippen molar-refractivity contribution in [3.05, 3.63) is 46.0 Å². The third-order valence-electron chi connectivity index (χ3n) is 6.69. The molecule has 1 heterocycles. The van der Waals surface area contributed by atoms with E-state index < -0.39 is 0 Å². The van der Waals surface area contributed by atoms with Crippen molar-refractivity contribution in [1.29, 1.82) is 0 Å². The fraction of sp³-hybridized carbons (Fsp3) is 0.625. The molecule has 0 spiro atoms. The van der Waals surface area contributed by atoms with Gasteiger partial charge >= 0.3 is 0 Å². The Kier molecular flexibility index (Phi) is 6.74. The van der Waals surface area contributed by atoms with Gasteiger partial charge in [-0.15, -0.1) is 0 Å². The van der Waals surface area contributed by atoms with Gasteiger partial charge in [-0.3, -0.25) is 4.79 Å². The second kappa shape index (κ2) is 9.45. The van der Waals surface area contributed by atoms with E-state index in [2.05, 4.69) is 12.1 Å². The molecule has 1 amide bonds. The Balaban J connectivity index is 1.39. The maximum Gasteiger partial charge on any atom is 0.252 e. The molecule has 0 radical (unpaired) electrons. The number of nitrogens with zero attached hydrogens (tertiary/aromatic N) is 1. The van der Waals surface area contributed by atoms with Gasteiger partial charge in [0.15, 0.2) is 6.23 Å². The van der Waals surface area contributed by atoms with E-state index >= 15 is 0 Å². The molecule has 1 aliphatic heterocycles. The molecule has 4 rings (SSSR count). The Morgan fingerprint density at radius 3 is 2.54 bits per heavy atom. The zero-order chi connectivity index (χ0) is 19.3. The second-order valence-electron chi connectivity index (χ2n) is 8.60. The number of halogens is 1. The Morgan fingerprint density at radius 1 is 1.00 bits per heavy atom. The zero-order valence-electron chi connectivity index (χ0n) is 16.8. The highest BCUT2D eigenvalue weighted by molar-refractivity contribution is 6.30. The molecule has 1 aromatic rings. The fourth-order valence-electron chi connectivity index (χ4n) is 5.05. The molecule has 0 N–H and O–H groups in total. The van der Waals surface area contributed by atoms with Gasteiger partial charge in [0.2, 0.25) is 0 Å². The van der Waals surface area contributed by atoms with E-state index in [0.717, 1.165) is 55.2 Å². The summed E-state index contributed by atoms with van der Waals surface area (Å²) >= 11 is 6.00. The molecule has 0 bridgehead atoms. The third-order valence-corrected chi connectivity index (χ3v) is 6.94. The van der Waals surface area contributed by atoms with Gasteiger partial charge < -0.3 is 9.64 Å². The highest BCUT2D eigenvalue weighted by atomic mass is 35.5. The maximum absolute atomic E-state index is 13.1. The summed E-state index contributed by atoms with van der Waals surface area (Å²) in [7, 11) is 0. The largest absolute Gasteiger partial charge is 0.354 e. The number of carbonyl (C=O) groups excluding carboxylic acids is 1. The Bertz CT molecular complexity index is 706. The summed E-state index contributed by atoms with van der Waals surface area (Å²) in [5.74, 6) is 1.03. The molecule has 4 heteroatoms. The normalized spacial score (nSPS) is 23.4. The summed E-state index contributed by atoms with van der Waals surface area (Å²) in [5, 5.41) is 0.752. The monoisotopic (exact) mass is 401 g/mol. The van der Waals surface area contributed by atoms with Crippen LogP contribution >= 0.6 is 11.6 Å². The molecule has 1 atom stereocenters. The number of ether oxygens (including phenoxy) is 1. The molecule has 152 valence electrons. The van der Waals surface area contributed by atoms with Gasteiger partial charge in [0.05, 0.1) is 0 Å². The van der Waals surface area contributed by atoms with Gasteiger partial charge in [0.1, 0.15) is 0 Å². The van der Waals surface area contributed by atoms with Gasteiger partial charge in [-0.2, -0.15) is 0 Å². The van der Waals surface area contributed by atoms with Gasteiger partial charge in [-0.05, 0) is 67.7 Å². The van der Waals surface area contributed by atoms with Crippen LogP contribution < -0.4 is 0 Å². The number of hydrogen-bond donors (Lipinski definition) is 0. The topological polar surface area (TPSA) is 29.5 Å². The molecule has 1 aromatic carbocycles. The van der Waals surface area contributed by atoms with Crippen LogP contribution in [0.5, 0.6) is 0 Å². The van der Waals surface area contributed by atoms with Crippen molar-refractivity contribution in [1.82, 2.24) is 4.90 Å². The van der Waals surface area contributed by atoms with Crippen LogP contribution in [0.4, 0.5) is 0 Å². The van der Waals surface area contributed by atoms with E-state index in [0.29, 0.717) is 6.54 Å². The van der Waals surface area contributed by atoms with Gasteiger partial charge in [-0.25, -0.2) is 0 Å². The molecule has 1 saturated carbocycles. The zero-order valence-corrected chi connectivity index (χ0v) is 17.6. The van der Waals surface area contributed by atoms with Crippen molar-refractivity contribution in [3.63, 3.8) is 0 Å². The van der Waals surface area contributed by atoms with Crippen molar-refractivity contribution in [2.75, 3.05) is 13.2 Å². The minimum Gasteiger partial charge on any atom is -0.354 e. The summed E-state index contributed by atoms with van der Waals surface area (Å²) < 4.78 is 6.39. The van der Waals surface area contributed by atoms with Crippen molar-refractivity contribution < 1.29 is 9.53 Å². The van der Waals surface area contributed by atoms with Crippen LogP contribution in [-0.4, -0.2) is 30.2 Å². The molecule has 1 fully saturated rings. The molecular formula is C24H32ClNO2. The first-order chi connectivity index (χ1) is 13.7. The lowest BCUT2D eigenvalue weighted by molar-refractivity contribution is -0.135. The third kappa shape index (κ3) is 4.63. The number of rotatable bonds is 7. The van der Waals surface area contributed by atoms with Crippen LogP contribution in [0, 0.1) is 5.92 Å². The average molecular weight is 402 g/mol. The minimum absolute atomic E-state index is 0.126.